The third-order valence-corrected chi connectivity index (χ3v) is 28.0. The number of aliphatic imine (C=N–C) groups is 4. The highest BCUT2D eigenvalue weighted by molar-refractivity contribution is 6.09. The van der Waals surface area contributed by atoms with Crippen LogP contribution in [0.5, 0.6) is 5.88 Å². The van der Waals surface area contributed by atoms with Crippen molar-refractivity contribution in [1.82, 2.24) is 48.1 Å². The van der Waals surface area contributed by atoms with Crippen molar-refractivity contribution >= 4 is 97.9 Å². The number of carbonyl (C=O) groups excluding carboxylic acids is 4. The lowest BCUT2D eigenvalue weighted by molar-refractivity contribution is -0.138. The quantitative estimate of drug-likeness (QED) is 0.0250. The summed E-state index contributed by atoms with van der Waals surface area (Å²) < 4.78 is 95.7. The number of hydrogen-bond acceptors (Lipinski definition) is 17. The predicted molar refractivity (Wildman–Crippen MR) is 565 cm³/mol. The zero-order valence-electron chi connectivity index (χ0n) is 84.9. The number of amides is 3. The monoisotopic (exact) mass is 1980 g/mol. The van der Waals surface area contributed by atoms with Crippen LogP contribution in [0, 0.1) is 36.1 Å². The molecule has 1 saturated heterocycles. The summed E-state index contributed by atoms with van der Waals surface area (Å²) in [6.45, 7) is 26.9. The molecule has 1 fully saturated rings. The van der Waals surface area contributed by atoms with Crippen molar-refractivity contribution in [3.63, 3.8) is 0 Å². The van der Waals surface area contributed by atoms with E-state index in [1.807, 2.05) is 68.3 Å². The Kier molecular flexibility index (Phi) is 27.8. The van der Waals surface area contributed by atoms with Crippen LogP contribution >= 0.6 is 0 Å². The molecule has 147 heavy (non-hydrogen) atoms. The van der Waals surface area contributed by atoms with E-state index in [1.54, 1.807) is 114 Å². The normalized spacial score (nSPS) is 14.0. The van der Waals surface area contributed by atoms with Crippen molar-refractivity contribution in [3.05, 3.63) is 308 Å². The lowest BCUT2D eigenvalue weighted by atomic mass is 9.84. The van der Waals surface area contributed by atoms with Crippen LogP contribution in [-0.2, 0) is 93.3 Å². The minimum Gasteiger partial charge on any atom is -0.481 e. The van der Waals surface area contributed by atoms with Crippen LogP contribution < -0.4 is 21.5 Å². The van der Waals surface area contributed by atoms with Gasteiger partial charge in [0.05, 0.1) is 93.7 Å². The number of aliphatic carboxylic acids is 1. The number of ketones is 1. The molecule has 5 aliphatic rings. The van der Waals surface area contributed by atoms with Crippen LogP contribution in [0.2, 0.25) is 0 Å². The van der Waals surface area contributed by atoms with E-state index in [0.29, 0.717) is 83.1 Å². The molecule has 9 aromatic carbocycles. The Hall–Kier alpha value is -15.7. The molecule has 5 aliphatic heterocycles. The number of hydrogen-bond donors (Lipinski definition) is 4. The molecule has 1 unspecified atom stereocenters. The van der Waals surface area contributed by atoms with Crippen LogP contribution in [0.3, 0.4) is 0 Å². The first-order valence-electron chi connectivity index (χ1n) is 48.5. The van der Waals surface area contributed by atoms with Gasteiger partial charge in [0.25, 0.3) is 5.91 Å². The fourth-order valence-corrected chi connectivity index (χ4v) is 21.2. The fraction of sp³-hybridized carbons (Fsp3) is 0.293. The number of aryl methyl sites for hydroxylation is 1. The zero-order valence-corrected chi connectivity index (χ0v) is 84.9. The number of primary amides is 2. The van der Waals surface area contributed by atoms with Crippen molar-refractivity contribution in [3.8, 4) is 73.1 Å². The highest BCUT2D eigenvalue weighted by Crippen LogP contribution is 2.52. The SMILES string of the molecule is COCC(C)(C)c1c(-c2ccc(C(=O)CC3CNC(=O)C3)cc2)c2cc3c(cc2n1-c1ccc(F)cc1)C=NC3.COCC(C)(C)c1c(-c2ccc(C(N)=O)nc2OC)c2cc3c(cc2n1-c1ccc(F)cc1)C=NC3.COCC(C)(C)c1c(-c2cn(CC(=O)O)nc2C)c2cc3c(cc2n1-c1ccc(F)cc1)C=NC3.COCC(C)(C)c1c(-c2cnn(C(C)(C)C(N)=O)c2)c2cc3c(cc2n1-c1ccc(F)cc1)C=NC3. The lowest BCUT2D eigenvalue weighted by Gasteiger charge is -2.28. The lowest BCUT2D eigenvalue weighted by Crippen LogP contribution is -2.41. The van der Waals surface area contributed by atoms with Gasteiger partial charge < -0.3 is 63.8 Å². The van der Waals surface area contributed by atoms with Crippen molar-refractivity contribution in [2.45, 2.75) is 149 Å². The van der Waals surface area contributed by atoms with Crippen molar-refractivity contribution in [2.24, 2.45) is 37.4 Å². The van der Waals surface area contributed by atoms with Gasteiger partial charge in [-0.1, -0.05) is 79.7 Å². The summed E-state index contributed by atoms with van der Waals surface area (Å²) in [7, 11) is 8.24. The number of fused-ring (bicyclic) bond motifs is 8. The smallest absolute Gasteiger partial charge is 0.325 e. The fourth-order valence-electron chi connectivity index (χ4n) is 21.2. The zero-order chi connectivity index (χ0) is 104. The van der Waals surface area contributed by atoms with Crippen LogP contribution in [0.4, 0.5) is 17.6 Å². The summed E-state index contributed by atoms with van der Waals surface area (Å²) in [6.07, 6.45) is 13.7. The second kappa shape index (κ2) is 40.4. The number of carbonyl (C=O) groups is 5. The summed E-state index contributed by atoms with van der Waals surface area (Å²) >= 11 is 0. The molecule has 3 amide bonds. The summed E-state index contributed by atoms with van der Waals surface area (Å²) in [5, 5.41) is 25.2. The molecule has 7 aromatic heterocycles. The Balaban J connectivity index is 0.000000129. The molecule has 0 aliphatic carbocycles. The standard InChI is InChI=1S/C33H32FN3O3.C28H30FN5O2.C28H27FN4O3.C27H27FN4O3/c1-33(2,19-40-3)32-31(22-6-4-21(5-7-22)29(38)12-20-13-30(39)36-16-20)27-14-23-17-35-18-24(23)15-28(27)37(32)26-10-8-25(34)9-11-26;1-27(2,16-36-5)25-24(19-14-32-33(15-19)28(3,4)26(30)35)22-10-17-12-31-13-18(17)11-23(22)34(25)21-8-6-20(29)7-9-21;1-28(2,15-35-3)25-24(20-9-10-22(26(30)34)32-27(20)36-4)21-11-16-13-31-14-17(16)12-23(21)33(25)19-7-5-18(29)6-8-19;1-16-22(13-31(30-16)14-24(33)34)25-21-9-17-11-29-12-18(17)10-23(21)32(20-7-5-19(28)6-8-20)26(25)27(2,3)15-35-4/h4-11,14-15,18,20H,12-13,16-17,19H2,1-3H3,(H,36,39);6-11,13-15H,12,16H2,1-5H3,(H2,30,35);5-12,14H,13,15H2,1-4H3,(H2,30,34);5-10,12-13H,11,14-15H2,1-4H3,(H,33,34). The van der Waals surface area contributed by atoms with Gasteiger partial charge in [-0.3, -0.25) is 53.3 Å². The maximum atomic E-state index is 14.0. The van der Waals surface area contributed by atoms with Crippen LogP contribution in [-0.4, -0.2) is 171 Å². The van der Waals surface area contributed by atoms with E-state index < -0.39 is 45.0 Å². The molecule has 0 spiro atoms. The number of carboxylic acid groups (broad SMARTS) is 1. The Morgan fingerprint density at radius 1 is 0.456 bits per heavy atom. The van der Waals surface area contributed by atoms with E-state index in [9.17, 15) is 46.6 Å². The van der Waals surface area contributed by atoms with E-state index in [2.05, 4.69) is 163 Å². The molecule has 1 atom stereocenters. The Morgan fingerprint density at radius 2 is 0.816 bits per heavy atom. The van der Waals surface area contributed by atoms with Crippen molar-refractivity contribution in [2.75, 3.05) is 68.5 Å². The van der Waals surface area contributed by atoms with E-state index in [0.717, 1.165) is 178 Å². The number of pyridine rings is 1. The number of aromatic nitrogens is 9. The maximum absolute atomic E-state index is 14.0. The first kappa shape index (κ1) is 101. The Bertz CT molecular complexity index is 8030. The highest BCUT2D eigenvalue weighted by Gasteiger charge is 2.41. The third-order valence-electron chi connectivity index (χ3n) is 28.0. The van der Waals surface area contributed by atoms with Gasteiger partial charge in [0.2, 0.25) is 17.7 Å². The molecule has 754 valence electrons. The molecule has 16 aromatic rings. The van der Waals surface area contributed by atoms with Gasteiger partial charge in [-0.15, -0.1) is 0 Å². The summed E-state index contributed by atoms with van der Waals surface area (Å²) in [4.78, 5) is 82.1. The van der Waals surface area contributed by atoms with Crippen molar-refractivity contribution < 1.29 is 70.3 Å². The average molecular weight is 1990 g/mol. The number of carboxylic acids is 1. The van der Waals surface area contributed by atoms with Crippen molar-refractivity contribution in [1.29, 1.82) is 0 Å². The van der Waals surface area contributed by atoms with Gasteiger partial charge in [0, 0.05) is 218 Å². The van der Waals surface area contributed by atoms with Gasteiger partial charge in [-0.2, -0.15) is 10.2 Å². The Labute approximate surface area is 847 Å². The second-order valence-corrected chi connectivity index (χ2v) is 41.1. The average Bonchev–Trinajstić information content (AvgIpc) is 1.57. The van der Waals surface area contributed by atoms with E-state index >= 15 is 0 Å². The van der Waals surface area contributed by atoms with Crippen LogP contribution in [0.15, 0.2) is 221 Å². The predicted octanol–water partition coefficient (Wildman–Crippen LogP) is 20.4. The number of rotatable bonds is 29. The molecule has 27 nitrogen and oxygen atoms in total. The molecular weight excluding hydrogens is 1870 g/mol. The summed E-state index contributed by atoms with van der Waals surface area (Å²) in [5.74, 6) is -2.89. The van der Waals surface area contributed by atoms with E-state index in [1.165, 1.54) is 60.3 Å². The maximum Gasteiger partial charge on any atom is 0.325 e. The van der Waals surface area contributed by atoms with E-state index in [4.69, 9.17) is 35.2 Å². The highest BCUT2D eigenvalue weighted by atomic mass is 19.1. The topological polar surface area (TPSA) is 333 Å². The third kappa shape index (κ3) is 19.5. The molecule has 6 N–H and O–H groups in total. The first-order chi connectivity index (χ1) is 70.2. The molecular formula is C116H116F4N16O11. The number of nitrogens with two attached hydrogens (primary N) is 2. The number of nitrogens with one attached hydrogen (secondary N) is 1. The summed E-state index contributed by atoms with van der Waals surface area (Å²) in [5.41, 5.74) is 37.2. The molecule has 12 heterocycles. The number of methoxy groups -OCH3 is 5. The second-order valence-electron chi connectivity index (χ2n) is 41.1. The first-order valence-corrected chi connectivity index (χ1v) is 48.5. The number of halogens is 4. The summed E-state index contributed by atoms with van der Waals surface area (Å²) in [6, 6.07) is 54.4. The van der Waals surface area contributed by atoms with Gasteiger partial charge in [-0.25, -0.2) is 22.5 Å². The molecule has 0 radical (unpaired) electrons. The largest absolute Gasteiger partial charge is 0.481 e. The van der Waals surface area contributed by atoms with Gasteiger partial charge in [0.1, 0.15) is 41.0 Å². The molecule has 21 rings (SSSR count). The van der Waals surface area contributed by atoms with E-state index in [-0.39, 0.29) is 59.0 Å². The number of ether oxygens (including phenoxy) is 5. The number of Topliss-reactive ketones (excluding diaryl/α,β-unsaturated/α-hetero) is 1. The van der Waals surface area contributed by atoms with Crippen LogP contribution in [0.1, 0.15) is 176 Å². The number of benzene rings is 9. The molecule has 31 heteroatoms. The van der Waals surface area contributed by atoms with Gasteiger partial charge in [-0.05, 0) is 234 Å². The van der Waals surface area contributed by atoms with Gasteiger partial charge >= 0.3 is 5.97 Å². The number of nitrogens with zero attached hydrogens (tertiary/aromatic N) is 13. The van der Waals surface area contributed by atoms with Crippen LogP contribution in [0.25, 0.3) is 111 Å². The Morgan fingerprint density at radius 3 is 1.16 bits per heavy atom. The van der Waals surface area contributed by atoms with Gasteiger partial charge in [0.15, 0.2) is 5.78 Å². The molecule has 0 saturated carbocycles. The molecule has 0 bridgehead atoms. The minimum atomic E-state index is -0.995. The minimum absolute atomic E-state index is 0.00813.